The van der Waals surface area contributed by atoms with E-state index < -0.39 is 17.7 Å². The number of methoxy groups -OCH3 is 1. The van der Waals surface area contributed by atoms with Crippen molar-refractivity contribution in [1.29, 1.82) is 0 Å². The molecule has 0 aromatic heterocycles. The van der Waals surface area contributed by atoms with Gasteiger partial charge in [-0.05, 0) is 35.4 Å². The topological polar surface area (TPSA) is 47.3 Å². The molecule has 0 aliphatic heterocycles. The molecule has 2 aromatic carbocycles. The maximum Gasteiger partial charge on any atom is 0.159 e. The van der Waals surface area contributed by atoms with Gasteiger partial charge >= 0.3 is 0 Å². The van der Waals surface area contributed by atoms with Crippen molar-refractivity contribution in [2.24, 2.45) is 5.84 Å². The van der Waals surface area contributed by atoms with Crippen LogP contribution in [0.3, 0.4) is 0 Å². The molecule has 0 bridgehead atoms. The molecular weight excluding hydrogens is 250 g/mol. The van der Waals surface area contributed by atoms with Gasteiger partial charge in [0.1, 0.15) is 5.75 Å². The highest BCUT2D eigenvalue weighted by molar-refractivity contribution is 5.36. The first kappa shape index (κ1) is 13.5. The first-order valence-corrected chi connectivity index (χ1v) is 5.70. The van der Waals surface area contributed by atoms with Crippen molar-refractivity contribution in [1.82, 2.24) is 5.43 Å². The van der Waals surface area contributed by atoms with Gasteiger partial charge in [0.25, 0.3) is 0 Å². The first-order valence-electron chi connectivity index (χ1n) is 5.70. The Bertz CT molecular complexity index is 575. The van der Waals surface area contributed by atoms with Gasteiger partial charge < -0.3 is 4.74 Å². The largest absolute Gasteiger partial charge is 0.497 e. The van der Waals surface area contributed by atoms with Gasteiger partial charge in [-0.25, -0.2) is 14.2 Å². The Morgan fingerprint density at radius 1 is 1.05 bits per heavy atom. The predicted molar refractivity (Wildman–Crippen MR) is 68.5 cm³/mol. The molecule has 0 heterocycles. The molecular formula is C14H14F2N2O. The van der Waals surface area contributed by atoms with Gasteiger partial charge in [0.15, 0.2) is 11.6 Å². The lowest BCUT2D eigenvalue weighted by atomic mass is 9.99. The summed E-state index contributed by atoms with van der Waals surface area (Å²) in [5.41, 5.74) is 3.92. The number of hydrazine groups is 1. The van der Waals surface area contributed by atoms with E-state index in [0.29, 0.717) is 11.3 Å². The number of nitrogens with two attached hydrogens (primary N) is 1. The summed E-state index contributed by atoms with van der Waals surface area (Å²) in [7, 11) is 1.56. The summed E-state index contributed by atoms with van der Waals surface area (Å²) < 4.78 is 31.3. The molecule has 3 N–H and O–H groups in total. The number of ether oxygens (including phenoxy) is 1. The fraction of sp³-hybridized carbons (Fsp3) is 0.143. The van der Waals surface area contributed by atoms with Crippen LogP contribution in [0.25, 0.3) is 0 Å². The number of benzene rings is 2. The summed E-state index contributed by atoms with van der Waals surface area (Å²) in [4.78, 5) is 0. The van der Waals surface area contributed by atoms with Crippen LogP contribution in [0, 0.1) is 11.6 Å². The summed E-state index contributed by atoms with van der Waals surface area (Å²) in [6.45, 7) is 0. The average molecular weight is 264 g/mol. The molecule has 0 spiro atoms. The summed E-state index contributed by atoms with van der Waals surface area (Å²) in [6, 6.07) is 10.5. The molecule has 0 aliphatic carbocycles. The van der Waals surface area contributed by atoms with Gasteiger partial charge in [-0.3, -0.25) is 5.84 Å². The Labute approximate surface area is 110 Å². The van der Waals surface area contributed by atoms with E-state index in [4.69, 9.17) is 10.6 Å². The molecule has 2 rings (SSSR count). The quantitative estimate of drug-likeness (QED) is 0.659. The molecule has 19 heavy (non-hydrogen) atoms. The van der Waals surface area contributed by atoms with Crippen molar-refractivity contribution >= 4 is 0 Å². The van der Waals surface area contributed by atoms with Crippen LogP contribution in [0.2, 0.25) is 0 Å². The van der Waals surface area contributed by atoms with Gasteiger partial charge in [0.05, 0.1) is 13.2 Å². The second kappa shape index (κ2) is 5.77. The fourth-order valence-electron chi connectivity index (χ4n) is 1.90. The average Bonchev–Trinajstić information content (AvgIpc) is 2.44. The third kappa shape index (κ3) is 2.89. The molecule has 3 nitrogen and oxygen atoms in total. The highest BCUT2D eigenvalue weighted by atomic mass is 19.2. The van der Waals surface area contributed by atoms with Crippen molar-refractivity contribution in [2.75, 3.05) is 7.11 Å². The Balaban J connectivity index is 2.40. The Kier molecular flexibility index (Phi) is 4.09. The van der Waals surface area contributed by atoms with E-state index in [-0.39, 0.29) is 0 Å². The molecule has 2 aromatic rings. The van der Waals surface area contributed by atoms with Crippen molar-refractivity contribution in [3.05, 3.63) is 65.2 Å². The minimum atomic E-state index is -0.902. The van der Waals surface area contributed by atoms with Gasteiger partial charge in [-0.1, -0.05) is 18.2 Å². The van der Waals surface area contributed by atoms with E-state index in [2.05, 4.69) is 5.43 Å². The monoisotopic (exact) mass is 264 g/mol. The maximum atomic E-state index is 13.3. The number of hydrogen-bond donors (Lipinski definition) is 2. The second-order valence-corrected chi connectivity index (χ2v) is 4.05. The van der Waals surface area contributed by atoms with E-state index in [9.17, 15) is 8.78 Å². The van der Waals surface area contributed by atoms with Crippen molar-refractivity contribution in [3.63, 3.8) is 0 Å². The predicted octanol–water partition coefficient (Wildman–Crippen LogP) is 2.53. The zero-order valence-corrected chi connectivity index (χ0v) is 10.4. The summed E-state index contributed by atoms with van der Waals surface area (Å²) in [5.74, 6) is 4.39. The summed E-state index contributed by atoms with van der Waals surface area (Å²) in [5, 5.41) is 0. The third-order valence-electron chi connectivity index (χ3n) is 2.87. The molecule has 0 radical (unpaired) electrons. The minimum absolute atomic E-state index is 0.440. The van der Waals surface area contributed by atoms with Crippen molar-refractivity contribution < 1.29 is 13.5 Å². The number of nitrogens with one attached hydrogen (secondary N) is 1. The molecule has 100 valence electrons. The van der Waals surface area contributed by atoms with Crippen LogP contribution >= 0.6 is 0 Å². The van der Waals surface area contributed by atoms with Crippen molar-refractivity contribution in [3.8, 4) is 5.75 Å². The molecule has 0 aliphatic rings. The smallest absolute Gasteiger partial charge is 0.159 e. The van der Waals surface area contributed by atoms with Crippen molar-refractivity contribution in [2.45, 2.75) is 6.04 Å². The highest BCUT2D eigenvalue weighted by Gasteiger charge is 2.15. The lowest BCUT2D eigenvalue weighted by Gasteiger charge is -2.17. The van der Waals surface area contributed by atoms with E-state index >= 15 is 0 Å². The molecule has 5 heteroatoms. The van der Waals surface area contributed by atoms with Crippen LogP contribution in [-0.2, 0) is 0 Å². The second-order valence-electron chi connectivity index (χ2n) is 4.05. The molecule has 1 unspecified atom stereocenters. The van der Waals surface area contributed by atoms with Crippen LogP contribution in [0.4, 0.5) is 8.78 Å². The van der Waals surface area contributed by atoms with E-state index in [1.165, 1.54) is 6.07 Å². The Hall–Kier alpha value is -1.98. The standard InChI is InChI=1S/C14H14F2N2O/c1-19-11-4-2-3-9(7-11)14(18-17)10-5-6-12(15)13(16)8-10/h2-8,14,18H,17H2,1H3. The fourth-order valence-corrected chi connectivity index (χ4v) is 1.90. The van der Waals surface area contributed by atoms with Gasteiger partial charge in [0.2, 0.25) is 0 Å². The van der Waals surface area contributed by atoms with Crippen LogP contribution in [-0.4, -0.2) is 7.11 Å². The summed E-state index contributed by atoms with van der Waals surface area (Å²) in [6.07, 6.45) is 0. The zero-order valence-electron chi connectivity index (χ0n) is 10.4. The van der Waals surface area contributed by atoms with Crippen LogP contribution in [0.15, 0.2) is 42.5 Å². The molecule has 0 amide bonds. The lowest BCUT2D eigenvalue weighted by Crippen LogP contribution is -2.29. The number of rotatable bonds is 4. The molecule has 0 saturated heterocycles. The lowest BCUT2D eigenvalue weighted by molar-refractivity contribution is 0.413. The number of hydrogen-bond acceptors (Lipinski definition) is 3. The van der Waals surface area contributed by atoms with Crippen LogP contribution in [0.5, 0.6) is 5.75 Å². The van der Waals surface area contributed by atoms with Gasteiger partial charge in [-0.2, -0.15) is 0 Å². The molecule has 1 atom stereocenters. The van der Waals surface area contributed by atoms with E-state index in [1.54, 1.807) is 25.3 Å². The van der Waals surface area contributed by atoms with Crippen LogP contribution in [0.1, 0.15) is 17.2 Å². The maximum absolute atomic E-state index is 13.3. The zero-order chi connectivity index (χ0) is 13.8. The third-order valence-corrected chi connectivity index (χ3v) is 2.87. The van der Waals surface area contributed by atoms with E-state index in [0.717, 1.165) is 17.7 Å². The van der Waals surface area contributed by atoms with E-state index in [1.807, 2.05) is 6.07 Å². The molecule has 0 fully saturated rings. The first-order chi connectivity index (χ1) is 9.15. The Morgan fingerprint density at radius 3 is 2.42 bits per heavy atom. The molecule has 0 saturated carbocycles. The summed E-state index contributed by atoms with van der Waals surface area (Å²) >= 11 is 0. The van der Waals surface area contributed by atoms with Gasteiger partial charge in [-0.15, -0.1) is 0 Å². The normalized spacial score (nSPS) is 12.2. The minimum Gasteiger partial charge on any atom is -0.497 e. The van der Waals surface area contributed by atoms with Gasteiger partial charge in [0, 0.05) is 0 Å². The Morgan fingerprint density at radius 2 is 1.79 bits per heavy atom. The highest BCUT2D eigenvalue weighted by Crippen LogP contribution is 2.25. The SMILES string of the molecule is COc1cccc(C(NN)c2ccc(F)c(F)c2)c1. The van der Waals surface area contributed by atoms with Crippen LogP contribution < -0.4 is 16.0 Å². The number of halogens is 2.